The predicted octanol–water partition coefficient (Wildman–Crippen LogP) is 3.32. The lowest BCUT2D eigenvalue weighted by Gasteiger charge is -2.13. The Morgan fingerprint density at radius 1 is 1.32 bits per heavy atom. The number of ether oxygens (including phenoxy) is 1. The first-order valence-corrected chi connectivity index (χ1v) is 6.53. The molecule has 0 heterocycles. The molecule has 1 rings (SSSR count). The summed E-state index contributed by atoms with van der Waals surface area (Å²) in [5, 5.41) is 2.88. The summed E-state index contributed by atoms with van der Waals surface area (Å²) >= 11 is 0. The van der Waals surface area contributed by atoms with E-state index in [1.165, 1.54) is 11.1 Å². The molecule has 4 nitrogen and oxygen atoms in total. The van der Waals surface area contributed by atoms with Gasteiger partial charge in [-0.1, -0.05) is 28.9 Å². The zero-order chi connectivity index (χ0) is 14.4. The highest BCUT2D eigenvalue weighted by Gasteiger charge is 2.21. The number of benzene rings is 1. The minimum absolute atomic E-state index is 0.224. The monoisotopic (exact) mass is 263 g/mol. The third kappa shape index (κ3) is 4.81. The minimum atomic E-state index is -0.914. The van der Waals surface area contributed by atoms with Gasteiger partial charge in [-0.15, -0.1) is 4.91 Å². The lowest BCUT2D eigenvalue weighted by Crippen LogP contribution is -2.24. The Morgan fingerprint density at radius 2 is 2.00 bits per heavy atom. The second-order valence-electron chi connectivity index (χ2n) is 5.08. The van der Waals surface area contributed by atoms with E-state index in [1.54, 1.807) is 13.8 Å². The van der Waals surface area contributed by atoms with Crippen molar-refractivity contribution in [3.8, 4) is 0 Å². The molecule has 0 bridgehead atoms. The molecule has 0 saturated carbocycles. The number of carbonyl (C=O) groups is 1. The van der Waals surface area contributed by atoms with E-state index >= 15 is 0 Å². The molecule has 0 saturated heterocycles. The van der Waals surface area contributed by atoms with Crippen molar-refractivity contribution in [2.24, 2.45) is 5.18 Å². The van der Waals surface area contributed by atoms with Crippen LogP contribution in [0.15, 0.2) is 23.4 Å². The highest BCUT2D eigenvalue weighted by Crippen LogP contribution is 2.15. The average molecular weight is 263 g/mol. The fourth-order valence-corrected chi connectivity index (χ4v) is 1.94. The predicted molar refractivity (Wildman–Crippen MR) is 75.0 cm³/mol. The van der Waals surface area contributed by atoms with Crippen LogP contribution in [0.2, 0.25) is 0 Å². The maximum atomic E-state index is 11.6. The van der Waals surface area contributed by atoms with Gasteiger partial charge in [0.25, 0.3) is 0 Å². The Hall–Kier alpha value is -1.71. The van der Waals surface area contributed by atoms with Crippen molar-refractivity contribution in [1.82, 2.24) is 0 Å². The number of hydrogen-bond acceptors (Lipinski definition) is 4. The van der Waals surface area contributed by atoms with Crippen LogP contribution in [0.25, 0.3) is 0 Å². The zero-order valence-corrected chi connectivity index (χ0v) is 12.0. The second kappa shape index (κ2) is 7.02. The van der Waals surface area contributed by atoms with Gasteiger partial charge < -0.3 is 4.74 Å². The lowest BCUT2D eigenvalue weighted by molar-refractivity contribution is -0.149. The van der Waals surface area contributed by atoms with Crippen LogP contribution in [-0.4, -0.2) is 18.1 Å². The van der Waals surface area contributed by atoms with Crippen molar-refractivity contribution in [2.75, 3.05) is 0 Å². The van der Waals surface area contributed by atoms with E-state index in [4.69, 9.17) is 4.74 Å². The summed E-state index contributed by atoms with van der Waals surface area (Å²) in [6, 6.07) is 5.23. The summed E-state index contributed by atoms with van der Waals surface area (Å²) in [5.74, 6) is -0.533. The van der Waals surface area contributed by atoms with Crippen molar-refractivity contribution in [3.05, 3.63) is 39.8 Å². The molecule has 4 heteroatoms. The molecule has 1 aromatic rings. The van der Waals surface area contributed by atoms with Gasteiger partial charge in [0.15, 0.2) is 6.04 Å². The highest BCUT2D eigenvalue weighted by atomic mass is 16.5. The smallest absolute Gasteiger partial charge is 0.334 e. The summed E-state index contributed by atoms with van der Waals surface area (Å²) in [7, 11) is 0. The highest BCUT2D eigenvalue weighted by molar-refractivity contribution is 5.76. The fourth-order valence-electron chi connectivity index (χ4n) is 1.94. The van der Waals surface area contributed by atoms with Gasteiger partial charge in [-0.2, -0.15) is 0 Å². The van der Waals surface area contributed by atoms with Crippen LogP contribution >= 0.6 is 0 Å². The van der Waals surface area contributed by atoms with E-state index < -0.39 is 12.0 Å². The average Bonchev–Trinajstić information content (AvgIpc) is 2.31. The van der Waals surface area contributed by atoms with Gasteiger partial charge in [-0.05, 0) is 51.7 Å². The topological polar surface area (TPSA) is 55.7 Å². The quantitative estimate of drug-likeness (QED) is 0.584. The Labute approximate surface area is 114 Å². The third-order valence-electron chi connectivity index (χ3n) is 2.94. The van der Waals surface area contributed by atoms with E-state index in [0.29, 0.717) is 12.8 Å². The number of nitroso groups, excluding NO2 is 1. The van der Waals surface area contributed by atoms with Crippen molar-refractivity contribution >= 4 is 5.97 Å². The van der Waals surface area contributed by atoms with Crippen molar-refractivity contribution in [1.29, 1.82) is 0 Å². The van der Waals surface area contributed by atoms with E-state index in [-0.39, 0.29) is 6.10 Å². The molecular weight excluding hydrogens is 242 g/mol. The third-order valence-corrected chi connectivity index (χ3v) is 2.94. The first-order valence-electron chi connectivity index (χ1n) is 6.53. The summed E-state index contributed by atoms with van der Waals surface area (Å²) in [4.78, 5) is 22.4. The van der Waals surface area contributed by atoms with Gasteiger partial charge in [0.05, 0.1) is 6.10 Å². The molecule has 19 heavy (non-hydrogen) atoms. The normalized spacial score (nSPS) is 12.3. The number of nitrogens with zero attached hydrogens (tertiary/aromatic N) is 1. The number of hydrogen-bond donors (Lipinski definition) is 0. The summed E-state index contributed by atoms with van der Waals surface area (Å²) < 4.78 is 5.01. The van der Waals surface area contributed by atoms with Crippen LogP contribution in [0.5, 0.6) is 0 Å². The first kappa shape index (κ1) is 15.3. The molecule has 0 spiro atoms. The van der Waals surface area contributed by atoms with Gasteiger partial charge >= 0.3 is 5.97 Å². The molecule has 0 N–H and O–H groups in total. The van der Waals surface area contributed by atoms with Crippen LogP contribution in [0.4, 0.5) is 0 Å². The molecule has 104 valence electrons. The number of aryl methyl sites for hydroxylation is 3. The van der Waals surface area contributed by atoms with Crippen LogP contribution in [0, 0.1) is 18.8 Å². The Morgan fingerprint density at radius 3 is 2.53 bits per heavy atom. The SMILES string of the molecule is Cc1ccc(CCC(N=O)C(=O)OC(C)C)c(C)c1. The Balaban J connectivity index is 2.62. The number of esters is 1. The van der Waals surface area contributed by atoms with Gasteiger partial charge in [-0.3, -0.25) is 0 Å². The lowest BCUT2D eigenvalue weighted by atomic mass is 9.99. The van der Waals surface area contributed by atoms with Gasteiger partial charge in [0.2, 0.25) is 0 Å². The molecular formula is C15H21NO3. The molecule has 0 aliphatic heterocycles. The van der Waals surface area contributed by atoms with Crippen LogP contribution < -0.4 is 0 Å². The minimum Gasteiger partial charge on any atom is -0.461 e. The van der Waals surface area contributed by atoms with E-state index in [9.17, 15) is 9.70 Å². The second-order valence-corrected chi connectivity index (χ2v) is 5.08. The molecule has 0 fully saturated rings. The van der Waals surface area contributed by atoms with Crippen molar-refractivity contribution in [2.45, 2.75) is 52.7 Å². The molecule has 0 amide bonds. The number of carbonyl (C=O) groups excluding carboxylic acids is 1. The molecule has 1 atom stereocenters. The molecule has 0 radical (unpaired) electrons. The Bertz CT molecular complexity index is 455. The van der Waals surface area contributed by atoms with Crippen LogP contribution in [0.3, 0.4) is 0 Å². The summed E-state index contributed by atoms with van der Waals surface area (Å²) in [5.41, 5.74) is 3.50. The molecule has 0 aromatic heterocycles. The maximum Gasteiger partial charge on any atom is 0.334 e. The zero-order valence-electron chi connectivity index (χ0n) is 12.0. The Kier molecular flexibility index (Phi) is 5.67. The summed E-state index contributed by atoms with van der Waals surface area (Å²) in [6.07, 6.45) is 0.812. The molecule has 0 aliphatic rings. The van der Waals surface area contributed by atoms with Gasteiger partial charge in [0.1, 0.15) is 0 Å². The fraction of sp³-hybridized carbons (Fsp3) is 0.533. The standard InChI is InChI=1S/C15H21NO3/c1-10(2)19-15(17)14(16-18)8-7-13-6-5-11(3)9-12(13)4/h5-6,9-10,14H,7-8H2,1-4H3. The van der Waals surface area contributed by atoms with Gasteiger partial charge in [0, 0.05) is 0 Å². The van der Waals surface area contributed by atoms with Gasteiger partial charge in [-0.25, -0.2) is 4.79 Å². The van der Waals surface area contributed by atoms with E-state index in [1.807, 2.05) is 26.0 Å². The molecule has 1 aromatic carbocycles. The largest absolute Gasteiger partial charge is 0.461 e. The van der Waals surface area contributed by atoms with Crippen LogP contribution in [0.1, 0.15) is 37.0 Å². The molecule has 1 unspecified atom stereocenters. The summed E-state index contributed by atoms with van der Waals surface area (Å²) in [6.45, 7) is 7.57. The maximum absolute atomic E-state index is 11.6. The number of rotatable bonds is 6. The van der Waals surface area contributed by atoms with E-state index in [0.717, 1.165) is 5.56 Å². The van der Waals surface area contributed by atoms with Crippen molar-refractivity contribution in [3.63, 3.8) is 0 Å². The van der Waals surface area contributed by atoms with Crippen LogP contribution in [-0.2, 0) is 16.0 Å². The first-order chi connectivity index (χ1) is 8.93. The van der Waals surface area contributed by atoms with Crippen molar-refractivity contribution < 1.29 is 9.53 Å². The van der Waals surface area contributed by atoms with E-state index in [2.05, 4.69) is 11.2 Å². The molecule has 0 aliphatic carbocycles.